The molecule has 2 aliphatic heterocycles. The minimum absolute atomic E-state index is 0.190. The number of piperidine rings is 1. The summed E-state index contributed by atoms with van der Waals surface area (Å²) in [7, 11) is 0. The second kappa shape index (κ2) is 7.43. The number of carbonyl (C=O) groups is 1. The van der Waals surface area contributed by atoms with Crippen molar-refractivity contribution < 1.29 is 9.53 Å². The molecule has 0 aliphatic carbocycles. The molecule has 2 aliphatic rings. The zero-order valence-electron chi connectivity index (χ0n) is 16.9. The van der Waals surface area contributed by atoms with Crippen LogP contribution in [0.15, 0.2) is 24.4 Å². The predicted molar refractivity (Wildman–Crippen MR) is 113 cm³/mol. The number of hydrogen-bond donors (Lipinski definition) is 0. The molecule has 1 aromatic heterocycles. The summed E-state index contributed by atoms with van der Waals surface area (Å²) in [6, 6.07) is 6.39. The molecule has 28 heavy (non-hydrogen) atoms. The van der Waals surface area contributed by atoms with Gasteiger partial charge in [-0.25, -0.2) is 9.78 Å². The van der Waals surface area contributed by atoms with E-state index in [1.54, 1.807) is 0 Å². The fourth-order valence-corrected chi connectivity index (χ4v) is 4.52. The molecule has 3 heterocycles. The molecule has 0 atom stereocenters. The summed E-state index contributed by atoms with van der Waals surface area (Å²) < 4.78 is 5.51. The van der Waals surface area contributed by atoms with Gasteiger partial charge in [-0.05, 0) is 52.0 Å². The summed E-state index contributed by atoms with van der Waals surface area (Å²) >= 11 is 6.36. The molecular weight excluding hydrogens is 374 g/mol. The first kappa shape index (κ1) is 19.3. The van der Waals surface area contributed by atoms with Gasteiger partial charge >= 0.3 is 6.09 Å². The van der Waals surface area contributed by atoms with Crippen LogP contribution in [-0.4, -0.2) is 47.8 Å². The average molecular weight is 402 g/mol. The lowest BCUT2D eigenvalue weighted by Crippen LogP contribution is -2.44. The maximum absolute atomic E-state index is 12.3. The summed E-state index contributed by atoms with van der Waals surface area (Å²) in [5, 5.41) is 3.03. The Balaban J connectivity index is 1.43. The van der Waals surface area contributed by atoms with Crippen LogP contribution in [0.4, 0.5) is 10.5 Å². The Kier molecular flexibility index (Phi) is 5.13. The van der Waals surface area contributed by atoms with Crippen LogP contribution in [0.5, 0.6) is 0 Å². The van der Waals surface area contributed by atoms with Gasteiger partial charge in [0, 0.05) is 54.4 Å². The Bertz CT molecular complexity index is 885. The molecule has 0 bridgehead atoms. The highest BCUT2D eigenvalue weighted by Crippen LogP contribution is 2.37. The van der Waals surface area contributed by atoms with Crippen molar-refractivity contribution in [1.29, 1.82) is 0 Å². The molecule has 1 saturated heterocycles. The van der Waals surface area contributed by atoms with Crippen molar-refractivity contribution in [3.63, 3.8) is 0 Å². The van der Waals surface area contributed by atoms with Crippen LogP contribution >= 0.6 is 11.6 Å². The second-order valence-corrected chi connectivity index (χ2v) is 9.23. The Hall–Kier alpha value is -2.01. The van der Waals surface area contributed by atoms with E-state index < -0.39 is 5.60 Å². The van der Waals surface area contributed by atoms with Gasteiger partial charge in [0.05, 0.1) is 0 Å². The van der Waals surface area contributed by atoms with E-state index >= 15 is 0 Å². The maximum Gasteiger partial charge on any atom is 0.410 e. The van der Waals surface area contributed by atoms with Crippen molar-refractivity contribution in [1.82, 2.24) is 9.88 Å². The SMILES string of the molecule is CC(C)(C)OC(=O)N1CCC(CN2CCc3c(Cl)ncc4cccc2c34)CC1. The number of rotatable bonds is 2. The summed E-state index contributed by atoms with van der Waals surface area (Å²) in [6.45, 7) is 9.25. The lowest BCUT2D eigenvalue weighted by atomic mass is 9.93. The third-order valence-corrected chi connectivity index (χ3v) is 5.99. The highest BCUT2D eigenvalue weighted by atomic mass is 35.5. The Morgan fingerprint density at radius 2 is 2.00 bits per heavy atom. The molecule has 1 aromatic carbocycles. The number of ether oxygens (including phenoxy) is 1. The number of pyridine rings is 1. The van der Waals surface area contributed by atoms with Crippen LogP contribution in [0, 0.1) is 5.92 Å². The number of aromatic nitrogens is 1. The fourth-order valence-electron chi connectivity index (χ4n) is 4.29. The number of nitrogens with zero attached hydrogens (tertiary/aromatic N) is 3. The number of anilines is 1. The van der Waals surface area contributed by atoms with E-state index in [-0.39, 0.29) is 6.09 Å². The molecule has 1 amide bonds. The highest BCUT2D eigenvalue weighted by Gasteiger charge is 2.29. The molecular formula is C22H28ClN3O2. The van der Waals surface area contributed by atoms with Crippen LogP contribution < -0.4 is 4.90 Å². The van der Waals surface area contributed by atoms with Gasteiger partial charge in [-0.3, -0.25) is 0 Å². The van der Waals surface area contributed by atoms with Crippen LogP contribution in [0.3, 0.4) is 0 Å². The van der Waals surface area contributed by atoms with Gasteiger partial charge < -0.3 is 14.5 Å². The maximum atomic E-state index is 12.3. The first-order chi connectivity index (χ1) is 13.3. The molecule has 6 heteroatoms. The number of carbonyl (C=O) groups excluding carboxylic acids is 1. The van der Waals surface area contributed by atoms with E-state index in [1.165, 1.54) is 16.6 Å². The van der Waals surface area contributed by atoms with Crippen molar-refractivity contribution in [3.8, 4) is 0 Å². The van der Waals surface area contributed by atoms with Crippen LogP contribution in [0.2, 0.25) is 5.15 Å². The van der Waals surface area contributed by atoms with E-state index in [0.717, 1.165) is 50.8 Å². The lowest BCUT2D eigenvalue weighted by Gasteiger charge is -2.38. The summed E-state index contributed by atoms with van der Waals surface area (Å²) in [5.74, 6) is 0.577. The van der Waals surface area contributed by atoms with E-state index in [2.05, 4.69) is 28.1 Å². The Labute approximate surface area is 171 Å². The van der Waals surface area contributed by atoms with Gasteiger partial charge in [-0.2, -0.15) is 0 Å². The van der Waals surface area contributed by atoms with E-state index in [4.69, 9.17) is 16.3 Å². The molecule has 0 saturated carbocycles. The lowest BCUT2D eigenvalue weighted by molar-refractivity contribution is 0.0186. The molecule has 4 rings (SSSR count). The molecule has 5 nitrogen and oxygen atoms in total. The van der Waals surface area contributed by atoms with E-state index in [0.29, 0.717) is 11.1 Å². The number of likely N-dealkylation sites (tertiary alicyclic amines) is 1. The van der Waals surface area contributed by atoms with Crippen LogP contribution in [0.1, 0.15) is 39.2 Å². The summed E-state index contributed by atoms with van der Waals surface area (Å²) in [5.41, 5.74) is 1.99. The van der Waals surface area contributed by atoms with Crippen molar-refractivity contribution >= 4 is 34.2 Å². The van der Waals surface area contributed by atoms with Crippen molar-refractivity contribution in [2.45, 2.75) is 45.6 Å². The third-order valence-electron chi connectivity index (χ3n) is 5.66. The van der Waals surface area contributed by atoms with Gasteiger partial charge in [0.2, 0.25) is 0 Å². The number of amides is 1. The van der Waals surface area contributed by atoms with E-state index in [9.17, 15) is 4.79 Å². The number of hydrogen-bond acceptors (Lipinski definition) is 4. The quantitative estimate of drug-likeness (QED) is 0.671. The van der Waals surface area contributed by atoms with Crippen molar-refractivity contribution in [3.05, 3.63) is 35.1 Å². The number of benzene rings is 1. The zero-order chi connectivity index (χ0) is 19.9. The zero-order valence-corrected chi connectivity index (χ0v) is 17.6. The Morgan fingerprint density at radius 3 is 2.71 bits per heavy atom. The molecule has 2 aromatic rings. The molecule has 150 valence electrons. The Morgan fingerprint density at radius 1 is 1.25 bits per heavy atom. The largest absolute Gasteiger partial charge is 0.444 e. The minimum atomic E-state index is -0.441. The molecule has 1 fully saturated rings. The molecule has 0 spiro atoms. The fraction of sp³-hybridized carbons (Fsp3) is 0.545. The summed E-state index contributed by atoms with van der Waals surface area (Å²) in [4.78, 5) is 21.0. The van der Waals surface area contributed by atoms with Gasteiger partial charge in [0.1, 0.15) is 10.8 Å². The molecule has 0 radical (unpaired) electrons. The van der Waals surface area contributed by atoms with Crippen molar-refractivity contribution in [2.24, 2.45) is 5.92 Å². The standard InChI is InChI=1S/C22H28ClN3O2/c1-22(2,3)28-21(27)25-10-7-15(8-11-25)14-26-12-9-17-19-16(13-24-20(17)23)5-4-6-18(19)26/h4-6,13,15H,7-12,14H2,1-3H3. The van der Waals surface area contributed by atoms with Gasteiger partial charge in [-0.1, -0.05) is 23.7 Å². The van der Waals surface area contributed by atoms with Crippen LogP contribution in [-0.2, 0) is 11.2 Å². The smallest absolute Gasteiger partial charge is 0.410 e. The first-order valence-corrected chi connectivity index (χ1v) is 10.5. The van der Waals surface area contributed by atoms with Crippen LogP contribution in [0.25, 0.3) is 10.8 Å². The van der Waals surface area contributed by atoms with Gasteiger partial charge in [-0.15, -0.1) is 0 Å². The van der Waals surface area contributed by atoms with Gasteiger partial charge in [0.25, 0.3) is 0 Å². The normalized spacial score (nSPS) is 17.9. The second-order valence-electron chi connectivity index (χ2n) is 8.88. The average Bonchev–Trinajstić information content (AvgIpc) is 2.65. The molecule has 0 unspecified atom stereocenters. The third kappa shape index (κ3) is 3.90. The molecule has 0 N–H and O–H groups in total. The topological polar surface area (TPSA) is 45.7 Å². The van der Waals surface area contributed by atoms with Gasteiger partial charge in [0.15, 0.2) is 0 Å². The predicted octanol–water partition coefficient (Wildman–Crippen LogP) is 4.90. The minimum Gasteiger partial charge on any atom is -0.444 e. The number of halogens is 1. The van der Waals surface area contributed by atoms with Crippen molar-refractivity contribution in [2.75, 3.05) is 31.1 Å². The monoisotopic (exact) mass is 401 g/mol. The van der Waals surface area contributed by atoms with E-state index in [1.807, 2.05) is 31.9 Å². The first-order valence-electron chi connectivity index (χ1n) is 10.1. The highest BCUT2D eigenvalue weighted by molar-refractivity contribution is 6.31. The summed E-state index contributed by atoms with van der Waals surface area (Å²) in [6.07, 6.45) is 4.63.